The van der Waals surface area contributed by atoms with Crippen molar-refractivity contribution in [2.24, 2.45) is 0 Å². The molecule has 0 unspecified atom stereocenters. The molecule has 0 amide bonds. The van der Waals surface area contributed by atoms with Crippen molar-refractivity contribution in [1.82, 2.24) is 9.55 Å². The van der Waals surface area contributed by atoms with Gasteiger partial charge in [0.25, 0.3) is 0 Å². The SMILES string of the molecule is Cc1ccc(N(c2cccc(C3=CC=CCC3)c2)c2ccc3c(c2)c2cccc4c2n3-c2ccccc2C4(C)C)nc1. The first-order valence-electron chi connectivity index (χ1n) is 14.9. The highest BCUT2D eigenvalue weighted by atomic mass is 15.2. The Bertz CT molecular complexity index is 2070. The molecule has 0 N–H and O–H groups in total. The van der Waals surface area contributed by atoms with E-state index in [0.717, 1.165) is 35.6 Å². The van der Waals surface area contributed by atoms with E-state index in [-0.39, 0.29) is 5.41 Å². The average Bonchev–Trinajstić information content (AvgIpc) is 3.36. The molecule has 4 aromatic carbocycles. The van der Waals surface area contributed by atoms with E-state index in [1.54, 1.807) is 0 Å². The minimum Gasteiger partial charge on any atom is -0.309 e. The minimum absolute atomic E-state index is 0.0788. The number of rotatable bonds is 4. The Morgan fingerprint density at radius 1 is 0.786 bits per heavy atom. The Kier molecular flexibility index (Phi) is 5.52. The smallest absolute Gasteiger partial charge is 0.137 e. The van der Waals surface area contributed by atoms with Crippen molar-refractivity contribution in [3.63, 3.8) is 0 Å². The van der Waals surface area contributed by atoms with E-state index < -0.39 is 0 Å². The number of nitrogens with zero attached hydrogens (tertiary/aromatic N) is 3. The zero-order valence-electron chi connectivity index (χ0n) is 24.3. The highest BCUT2D eigenvalue weighted by Gasteiger charge is 2.34. The van der Waals surface area contributed by atoms with Gasteiger partial charge < -0.3 is 4.57 Å². The summed E-state index contributed by atoms with van der Waals surface area (Å²) in [5.74, 6) is 0.912. The molecule has 8 rings (SSSR count). The largest absolute Gasteiger partial charge is 0.309 e. The van der Waals surface area contributed by atoms with E-state index in [0.29, 0.717) is 0 Å². The lowest BCUT2D eigenvalue weighted by Gasteiger charge is -2.34. The monoisotopic (exact) mass is 543 g/mol. The molecule has 2 aliphatic rings. The average molecular weight is 544 g/mol. The molecule has 2 aromatic heterocycles. The molecular formula is C39H33N3. The van der Waals surface area contributed by atoms with Crippen LogP contribution in [-0.2, 0) is 5.41 Å². The van der Waals surface area contributed by atoms with Gasteiger partial charge in [0, 0.05) is 33.8 Å². The van der Waals surface area contributed by atoms with Crippen molar-refractivity contribution < 1.29 is 0 Å². The maximum Gasteiger partial charge on any atom is 0.137 e. The summed E-state index contributed by atoms with van der Waals surface area (Å²) in [4.78, 5) is 7.20. The number of pyridine rings is 1. The summed E-state index contributed by atoms with van der Waals surface area (Å²) >= 11 is 0. The third-order valence-corrected chi connectivity index (χ3v) is 9.13. The molecule has 0 saturated carbocycles. The van der Waals surface area contributed by atoms with E-state index in [4.69, 9.17) is 4.98 Å². The molecule has 0 saturated heterocycles. The third-order valence-electron chi connectivity index (χ3n) is 9.13. The van der Waals surface area contributed by atoms with Crippen LogP contribution in [0.2, 0.25) is 0 Å². The normalized spacial score (nSPS) is 15.1. The first kappa shape index (κ1) is 24.9. The van der Waals surface area contributed by atoms with Gasteiger partial charge in [0.2, 0.25) is 0 Å². The first-order chi connectivity index (χ1) is 20.5. The van der Waals surface area contributed by atoms with Crippen LogP contribution in [0, 0.1) is 6.92 Å². The maximum absolute atomic E-state index is 4.91. The highest BCUT2D eigenvalue weighted by molar-refractivity contribution is 6.12. The number of hydrogen-bond donors (Lipinski definition) is 0. The lowest BCUT2D eigenvalue weighted by Crippen LogP contribution is -2.26. The molecule has 1 aliphatic carbocycles. The van der Waals surface area contributed by atoms with Crippen LogP contribution in [0.3, 0.4) is 0 Å². The fourth-order valence-electron chi connectivity index (χ4n) is 6.99. The van der Waals surface area contributed by atoms with Crippen LogP contribution in [0.1, 0.15) is 48.9 Å². The van der Waals surface area contributed by atoms with Gasteiger partial charge in [-0.25, -0.2) is 4.98 Å². The Labute approximate surface area is 247 Å². The van der Waals surface area contributed by atoms with Crippen LogP contribution in [0.25, 0.3) is 33.1 Å². The van der Waals surface area contributed by atoms with E-state index in [1.165, 1.54) is 49.8 Å². The van der Waals surface area contributed by atoms with Gasteiger partial charge in [0.05, 0.1) is 16.7 Å². The van der Waals surface area contributed by atoms with Crippen LogP contribution in [0.5, 0.6) is 0 Å². The number of allylic oxidation sites excluding steroid dienone is 4. The summed E-state index contributed by atoms with van der Waals surface area (Å²) < 4.78 is 2.47. The van der Waals surface area contributed by atoms with Gasteiger partial charge in [0.15, 0.2) is 0 Å². The van der Waals surface area contributed by atoms with Gasteiger partial charge >= 0.3 is 0 Å². The van der Waals surface area contributed by atoms with Gasteiger partial charge in [-0.05, 0) is 90.1 Å². The van der Waals surface area contributed by atoms with Crippen LogP contribution in [0.15, 0.2) is 121 Å². The minimum atomic E-state index is -0.0788. The van der Waals surface area contributed by atoms with Crippen molar-refractivity contribution in [2.75, 3.05) is 4.90 Å². The number of aryl methyl sites for hydroxylation is 1. The highest BCUT2D eigenvalue weighted by Crippen LogP contribution is 2.48. The molecule has 0 bridgehead atoms. The predicted molar refractivity (Wildman–Crippen MR) is 176 cm³/mol. The first-order valence-corrected chi connectivity index (χ1v) is 14.9. The fraction of sp³-hybridized carbons (Fsp3) is 0.154. The van der Waals surface area contributed by atoms with Crippen LogP contribution in [-0.4, -0.2) is 9.55 Å². The second kappa shape index (κ2) is 9.32. The van der Waals surface area contributed by atoms with Crippen molar-refractivity contribution in [3.05, 3.63) is 144 Å². The molecule has 6 aromatic rings. The summed E-state index contributed by atoms with van der Waals surface area (Å²) in [6.45, 7) is 6.79. The number of aromatic nitrogens is 2. The number of fused-ring (bicyclic) bond motifs is 5. The topological polar surface area (TPSA) is 21.1 Å². The lowest BCUT2D eigenvalue weighted by atomic mass is 9.75. The summed E-state index contributed by atoms with van der Waals surface area (Å²) in [5, 5.41) is 2.54. The molecule has 42 heavy (non-hydrogen) atoms. The van der Waals surface area contributed by atoms with Crippen LogP contribution >= 0.6 is 0 Å². The quantitative estimate of drug-likeness (QED) is 0.220. The molecule has 0 atom stereocenters. The Balaban J connectivity index is 1.37. The van der Waals surface area contributed by atoms with Gasteiger partial charge in [-0.15, -0.1) is 0 Å². The Morgan fingerprint density at radius 3 is 2.45 bits per heavy atom. The van der Waals surface area contributed by atoms with Gasteiger partial charge in [0.1, 0.15) is 5.82 Å². The number of anilines is 3. The number of benzene rings is 4. The van der Waals surface area contributed by atoms with Gasteiger partial charge in [-0.2, -0.15) is 0 Å². The summed E-state index contributed by atoms with van der Waals surface area (Å²) in [6, 6.07) is 35.8. The molecule has 3 heterocycles. The predicted octanol–water partition coefficient (Wildman–Crippen LogP) is 10.3. The third kappa shape index (κ3) is 3.70. The van der Waals surface area contributed by atoms with Crippen molar-refractivity contribution in [2.45, 2.75) is 39.0 Å². The molecule has 1 aliphatic heterocycles. The zero-order valence-corrected chi connectivity index (χ0v) is 24.3. The van der Waals surface area contributed by atoms with E-state index in [1.807, 2.05) is 6.20 Å². The Hall–Kier alpha value is -4.89. The Morgan fingerprint density at radius 2 is 1.62 bits per heavy atom. The van der Waals surface area contributed by atoms with E-state index >= 15 is 0 Å². The standard InChI is InChI=1S/C39H33N3/c1-26-19-22-37(40-25-26)41(29-14-9-13-28(23-29)27-11-5-4-6-12-27)30-20-21-35-32(24-30)31-15-10-17-34-38(31)42(35)36-18-8-7-16-33(36)39(34,2)3/h4-5,7-11,13-25H,6,12H2,1-3H3. The van der Waals surface area contributed by atoms with Gasteiger partial charge in [-0.3, -0.25) is 4.90 Å². The lowest BCUT2D eigenvalue weighted by molar-refractivity contribution is 0.630. The van der Waals surface area contributed by atoms with Crippen molar-refractivity contribution in [1.29, 1.82) is 0 Å². The second-order valence-corrected chi connectivity index (χ2v) is 12.1. The zero-order chi connectivity index (χ0) is 28.4. The molecule has 204 valence electrons. The van der Waals surface area contributed by atoms with E-state index in [2.05, 4.69) is 146 Å². The molecular weight excluding hydrogens is 510 g/mol. The fourth-order valence-corrected chi connectivity index (χ4v) is 6.99. The maximum atomic E-state index is 4.91. The summed E-state index contributed by atoms with van der Waals surface area (Å²) in [6.07, 6.45) is 10.8. The summed E-state index contributed by atoms with van der Waals surface area (Å²) in [7, 11) is 0. The number of para-hydroxylation sites is 2. The summed E-state index contributed by atoms with van der Waals surface area (Å²) in [5.41, 5.74) is 12.5. The second-order valence-electron chi connectivity index (χ2n) is 12.1. The molecule has 3 heteroatoms. The van der Waals surface area contributed by atoms with E-state index in [9.17, 15) is 0 Å². The molecule has 0 fully saturated rings. The van der Waals surface area contributed by atoms with Gasteiger partial charge in [-0.1, -0.05) is 86.7 Å². The van der Waals surface area contributed by atoms with Crippen molar-refractivity contribution in [3.8, 4) is 5.69 Å². The van der Waals surface area contributed by atoms with Crippen LogP contribution < -0.4 is 4.90 Å². The van der Waals surface area contributed by atoms with Crippen molar-refractivity contribution >= 4 is 44.6 Å². The molecule has 3 nitrogen and oxygen atoms in total. The molecule has 0 radical (unpaired) electrons. The molecule has 0 spiro atoms. The number of hydrogen-bond acceptors (Lipinski definition) is 2. The van der Waals surface area contributed by atoms with Crippen LogP contribution in [0.4, 0.5) is 17.2 Å².